The molecule has 1 aromatic rings. The van der Waals surface area contributed by atoms with Crippen molar-refractivity contribution in [3.05, 3.63) is 28.5 Å². The number of benzene rings is 1. The van der Waals surface area contributed by atoms with Crippen LogP contribution in [0, 0.1) is 5.82 Å². The number of hydrogen-bond acceptors (Lipinski definition) is 3. The molecule has 0 aliphatic heterocycles. The Balaban J connectivity index is 2.86. The fourth-order valence-corrected chi connectivity index (χ4v) is 1.51. The predicted octanol–water partition coefficient (Wildman–Crippen LogP) is 3.31. The minimum absolute atomic E-state index is 0.0197. The van der Waals surface area contributed by atoms with Crippen molar-refractivity contribution in [3.63, 3.8) is 0 Å². The minimum Gasteiger partial charge on any atom is -0.473 e. The summed E-state index contributed by atoms with van der Waals surface area (Å²) in [6, 6.07) is 4.37. The molecule has 1 aromatic carbocycles. The first-order chi connectivity index (χ1) is 7.86. The van der Waals surface area contributed by atoms with Gasteiger partial charge >= 0.3 is 5.97 Å². The highest BCUT2D eigenvalue weighted by molar-refractivity contribution is 9.10. The molecule has 0 amide bonds. The van der Waals surface area contributed by atoms with Crippen LogP contribution in [0.15, 0.2) is 22.7 Å². The average Bonchev–Trinajstić information content (AvgIpc) is 2.22. The van der Waals surface area contributed by atoms with Gasteiger partial charge in [0.15, 0.2) is 17.2 Å². The lowest BCUT2D eigenvalue weighted by Gasteiger charge is -2.24. The molecule has 0 aliphatic rings. The molecule has 0 aromatic heterocycles. The summed E-state index contributed by atoms with van der Waals surface area (Å²) >= 11 is 3.14. The van der Waals surface area contributed by atoms with Gasteiger partial charge in [0, 0.05) is 4.47 Å². The van der Waals surface area contributed by atoms with Crippen LogP contribution in [0.25, 0.3) is 0 Å². The smallest absolute Gasteiger partial charge is 0.349 e. The summed E-state index contributed by atoms with van der Waals surface area (Å²) in [4.78, 5) is 11.6. The van der Waals surface area contributed by atoms with Crippen LogP contribution >= 0.6 is 15.9 Å². The fraction of sp³-hybridized carbons (Fsp3) is 0.417. The van der Waals surface area contributed by atoms with Gasteiger partial charge in [-0.05, 0) is 39.0 Å². The molecule has 0 saturated carbocycles. The van der Waals surface area contributed by atoms with Crippen molar-refractivity contribution >= 4 is 21.9 Å². The normalized spacial score (nSPS) is 11.1. The third-order valence-corrected chi connectivity index (χ3v) is 2.52. The van der Waals surface area contributed by atoms with Gasteiger partial charge in [0.25, 0.3) is 0 Å². The van der Waals surface area contributed by atoms with Gasteiger partial charge in [-0.15, -0.1) is 0 Å². The number of hydrogen-bond donors (Lipinski definition) is 0. The largest absolute Gasteiger partial charge is 0.473 e. The van der Waals surface area contributed by atoms with Crippen molar-refractivity contribution in [2.75, 3.05) is 6.61 Å². The maximum Gasteiger partial charge on any atom is 0.349 e. The van der Waals surface area contributed by atoms with Crippen LogP contribution in [0.3, 0.4) is 0 Å². The fourth-order valence-electron chi connectivity index (χ4n) is 1.18. The van der Waals surface area contributed by atoms with E-state index in [1.165, 1.54) is 26.0 Å². The molecule has 0 fully saturated rings. The molecule has 17 heavy (non-hydrogen) atoms. The van der Waals surface area contributed by atoms with Gasteiger partial charge in [0.2, 0.25) is 0 Å². The lowest BCUT2D eigenvalue weighted by molar-refractivity contribution is -0.158. The van der Waals surface area contributed by atoms with E-state index in [0.29, 0.717) is 4.47 Å². The lowest BCUT2D eigenvalue weighted by Crippen LogP contribution is -2.40. The molecule has 5 heteroatoms. The van der Waals surface area contributed by atoms with E-state index in [1.54, 1.807) is 13.0 Å². The zero-order valence-corrected chi connectivity index (χ0v) is 11.5. The van der Waals surface area contributed by atoms with Gasteiger partial charge in [0.05, 0.1) is 6.61 Å². The molecule has 0 saturated heterocycles. The summed E-state index contributed by atoms with van der Waals surface area (Å²) in [7, 11) is 0. The van der Waals surface area contributed by atoms with Gasteiger partial charge in [-0.2, -0.15) is 0 Å². The van der Waals surface area contributed by atoms with Gasteiger partial charge in [-0.1, -0.05) is 15.9 Å². The van der Waals surface area contributed by atoms with Crippen molar-refractivity contribution in [2.24, 2.45) is 0 Å². The second kappa shape index (κ2) is 5.49. The Bertz CT molecular complexity index is 418. The maximum absolute atomic E-state index is 13.5. The molecular formula is C12H14BrFO3. The van der Waals surface area contributed by atoms with E-state index in [9.17, 15) is 9.18 Å². The summed E-state index contributed by atoms with van der Waals surface area (Å²) in [5.41, 5.74) is -1.22. The number of carbonyl (C=O) groups excluding carboxylic acids is 1. The molecule has 0 spiro atoms. The first-order valence-electron chi connectivity index (χ1n) is 5.18. The van der Waals surface area contributed by atoms with Gasteiger partial charge in [-0.3, -0.25) is 0 Å². The summed E-state index contributed by atoms with van der Waals surface area (Å²) in [5, 5.41) is 0. The lowest BCUT2D eigenvalue weighted by atomic mass is 10.1. The Kier molecular flexibility index (Phi) is 4.51. The van der Waals surface area contributed by atoms with Crippen molar-refractivity contribution in [1.29, 1.82) is 0 Å². The standard InChI is InChI=1S/C12H14BrFO3/c1-4-16-11(15)12(2,3)17-10-6-5-8(13)7-9(10)14/h5-7H,4H2,1-3H3. The molecule has 0 bridgehead atoms. The monoisotopic (exact) mass is 304 g/mol. The number of rotatable bonds is 4. The van der Waals surface area contributed by atoms with E-state index in [0.717, 1.165) is 0 Å². The molecule has 0 unspecified atom stereocenters. The molecule has 0 atom stereocenters. The first kappa shape index (κ1) is 14.0. The summed E-state index contributed by atoms with van der Waals surface area (Å²) in [6.07, 6.45) is 0. The van der Waals surface area contributed by atoms with E-state index in [1.807, 2.05) is 0 Å². The molecule has 0 heterocycles. The number of ether oxygens (including phenoxy) is 2. The second-order valence-corrected chi connectivity index (χ2v) is 4.82. The summed E-state index contributed by atoms with van der Waals surface area (Å²) in [6.45, 7) is 5.03. The predicted molar refractivity (Wildman–Crippen MR) is 65.4 cm³/mol. The summed E-state index contributed by atoms with van der Waals surface area (Å²) in [5.74, 6) is -1.04. The van der Waals surface area contributed by atoms with Crippen LogP contribution in [-0.4, -0.2) is 18.2 Å². The van der Waals surface area contributed by atoms with Crippen molar-refractivity contribution < 1.29 is 18.7 Å². The molecule has 94 valence electrons. The van der Waals surface area contributed by atoms with Crippen molar-refractivity contribution in [1.82, 2.24) is 0 Å². The van der Waals surface area contributed by atoms with Crippen LogP contribution < -0.4 is 4.74 Å². The molecular weight excluding hydrogens is 291 g/mol. The molecule has 0 radical (unpaired) electrons. The highest BCUT2D eigenvalue weighted by atomic mass is 79.9. The second-order valence-electron chi connectivity index (χ2n) is 3.91. The minimum atomic E-state index is -1.22. The SMILES string of the molecule is CCOC(=O)C(C)(C)Oc1ccc(Br)cc1F. The van der Waals surface area contributed by atoms with Gasteiger partial charge in [-0.25, -0.2) is 9.18 Å². The number of esters is 1. The Morgan fingerprint density at radius 1 is 1.47 bits per heavy atom. The van der Waals surface area contributed by atoms with E-state index in [4.69, 9.17) is 9.47 Å². The van der Waals surface area contributed by atoms with E-state index in [2.05, 4.69) is 15.9 Å². The summed E-state index contributed by atoms with van der Waals surface area (Å²) < 4.78 is 24.3. The third-order valence-electron chi connectivity index (χ3n) is 2.03. The topological polar surface area (TPSA) is 35.5 Å². The van der Waals surface area contributed by atoms with E-state index in [-0.39, 0.29) is 12.4 Å². The molecule has 0 N–H and O–H groups in total. The van der Waals surface area contributed by atoms with Crippen molar-refractivity contribution in [3.8, 4) is 5.75 Å². The van der Waals surface area contributed by atoms with Crippen molar-refractivity contribution in [2.45, 2.75) is 26.4 Å². The molecule has 3 nitrogen and oxygen atoms in total. The Hall–Kier alpha value is -1.10. The molecule has 0 aliphatic carbocycles. The maximum atomic E-state index is 13.5. The van der Waals surface area contributed by atoms with Gasteiger partial charge in [0.1, 0.15) is 0 Å². The Morgan fingerprint density at radius 2 is 2.12 bits per heavy atom. The average molecular weight is 305 g/mol. The van der Waals surface area contributed by atoms with Crippen LogP contribution in [0.5, 0.6) is 5.75 Å². The first-order valence-corrected chi connectivity index (χ1v) is 5.97. The van der Waals surface area contributed by atoms with Crippen LogP contribution in [0.2, 0.25) is 0 Å². The zero-order valence-electron chi connectivity index (χ0n) is 9.92. The number of carbonyl (C=O) groups is 1. The van der Waals surface area contributed by atoms with Crippen LogP contribution in [0.1, 0.15) is 20.8 Å². The Morgan fingerprint density at radius 3 is 2.65 bits per heavy atom. The van der Waals surface area contributed by atoms with Crippen LogP contribution in [-0.2, 0) is 9.53 Å². The highest BCUT2D eigenvalue weighted by Gasteiger charge is 2.32. The van der Waals surface area contributed by atoms with E-state index >= 15 is 0 Å². The number of halogens is 2. The Labute approximate surface area is 108 Å². The third kappa shape index (κ3) is 3.70. The zero-order chi connectivity index (χ0) is 13.1. The highest BCUT2D eigenvalue weighted by Crippen LogP contribution is 2.25. The van der Waals surface area contributed by atoms with E-state index < -0.39 is 17.4 Å². The quantitative estimate of drug-likeness (QED) is 0.801. The van der Waals surface area contributed by atoms with Gasteiger partial charge < -0.3 is 9.47 Å². The van der Waals surface area contributed by atoms with Crippen LogP contribution in [0.4, 0.5) is 4.39 Å². The molecule has 1 rings (SSSR count).